The molecule has 0 unspecified atom stereocenters. The maximum Gasteiger partial charge on any atom is 0.289 e. The van der Waals surface area contributed by atoms with Gasteiger partial charge in [0.25, 0.3) is 5.91 Å². The van der Waals surface area contributed by atoms with Crippen LogP contribution in [-0.2, 0) is 11.2 Å². The first-order chi connectivity index (χ1) is 9.66. The number of nitrogens with one attached hydrogen (secondary N) is 2. The van der Waals surface area contributed by atoms with Crippen molar-refractivity contribution in [3.05, 3.63) is 42.4 Å². The van der Waals surface area contributed by atoms with Crippen molar-refractivity contribution in [2.24, 2.45) is 0 Å². The van der Waals surface area contributed by atoms with Crippen molar-refractivity contribution in [2.45, 2.75) is 6.42 Å². The lowest BCUT2D eigenvalue weighted by atomic mass is 10.3. The molecule has 0 aliphatic rings. The molecular weight excluding hydrogens is 260 g/mol. The van der Waals surface area contributed by atoms with E-state index in [-0.39, 0.29) is 24.1 Å². The van der Waals surface area contributed by atoms with Gasteiger partial charge in [0.1, 0.15) is 5.82 Å². The number of imidazole rings is 1. The zero-order chi connectivity index (χ0) is 14.4. The molecule has 20 heavy (non-hydrogen) atoms. The Morgan fingerprint density at radius 2 is 2.35 bits per heavy atom. The van der Waals surface area contributed by atoms with E-state index in [1.54, 1.807) is 31.6 Å². The predicted molar refractivity (Wildman–Crippen MR) is 71.0 cm³/mol. The fourth-order valence-corrected chi connectivity index (χ4v) is 1.69. The van der Waals surface area contributed by atoms with Crippen LogP contribution in [0.15, 0.2) is 35.2 Å². The van der Waals surface area contributed by atoms with Gasteiger partial charge in [0.15, 0.2) is 5.76 Å². The Morgan fingerprint density at radius 3 is 3.00 bits per heavy atom. The lowest BCUT2D eigenvalue weighted by Gasteiger charge is -2.15. The number of H-pyrrole nitrogens is 1. The Balaban J connectivity index is 1.72. The molecule has 0 fully saturated rings. The zero-order valence-electron chi connectivity index (χ0n) is 11.1. The Labute approximate surface area is 116 Å². The number of rotatable bonds is 6. The van der Waals surface area contributed by atoms with Crippen molar-refractivity contribution in [1.29, 1.82) is 0 Å². The van der Waals surface area contributed by atoms with Crippen LogP contribution in [0.25, 0.3) is 0 Å². The molecule has 0 aromatic carbocycles. The first-order valence-electron chi connectivity index (χ1n) is 6.20. The molecule has 0 saturated carbocycles. The highest BCUT2D eigenvalue weighted by molar-refractivity contribution is 5.94. The maximum absolute atomic E-state index is 11.8. The SMILES string of the molecule is CN(CC(=O)NCCc1ncc[nH]1)C(=O)c1ccco1. The molecule has 2 amide bonds. The van der Waals surface area contributed by atoms with Gasteiger partial charge in [0.05, 0.1) is 12.8 Å². The number of nitrogens with zero attached hydrogens (tertiary/aromatic N) is 2. The highest BCUT2D eigenvalue weighted by Gasteiger charge is 2.16. The molecule has 2 aromatic heterocycles. The number of amides is 2. The first kappa shape index (κ1) is 13.9. The number of likely N-dealkylation sites (N-methyl/N-ethyl adjacent to an activating group) is 1. The summed E-state index contributed by atoms with van der Waals surface area (Å²) in [6.07, 6.45) is 5.43. The summed E-state index contributed by atoms with van der Waals surface area (Å²) in [4.78, 5) is 31.8. The minimum atomic E-state index is -0.323. The van der Waals surface area contributed by atoms with Gasteiger partial charge < -0.3 is 19.6 Å². The van der Waals surface area contributed by atoms with Gasteiger partial charge in [-0.3, -0.25) is 9.59 Å². The number of carbonyl (C=O) groups excluding carboxylic acids is 2. The molecule has 2 heterocycles. The molecule has 0 radical (unpaired) electrons. The number of aromatic amines is 1. The fraction of sp³-hybridized carbons (Fsp3) is 0.308. The monoisotopic (exact) mass is 276 g/mol. The van der Waals surface area contributed by atoms with Crippen LogP contribution in [0, 0.1) is 0 Å². The Bertz CT molecular complexity index is 548. The summed E-state index contributed by atoms with van der Waals surface area (Å²) in [6.45, 7) is 0.451. The lowest BCUT2D eigenvalue weighted by molar-refractivity contribution is -0.121. The van der Waals surface area contributed by atoms with Crippen LogP contribution in [0.1, 0.15) is 16.4 Å². The quantitative estimate of drug-likeness (QED) is 0.800. The molecule has 0 aliphatic heterocycles. The first-order valence-corrected chi connectivity index (χ1v) is 6.20. The van der Waals surface area contributed by atoms with E-state index >= 15 is 0 Å². The Hall–Kier alpha value is -2.57. The van der Waals surface area contributed by atoms with Crippen LogP contribution < -0.4 is 5.32 Å². The van der Waals surface area contributed by atoms with Crippen LogP contribution in [0.2, 0.25) is 0 Å². The van der Waals surface area contributed by atoms with Crippen LogP contribution in [-0.4, -0.2) is 46.8 Å². The number of carbonyl (C=O) groups is 2. The van der Waals surface area contributed by atoms with Crippen LogP contribution in [0.4, 0.5) is 0 Å². The molecule has 2 N–H and O–H groups in total. The van der Waals surface area contributed by atoms with Crippen molar-refractivity contribution >= 4 is 11.8 Å². The normalized spacial score (nSPS) is 10.2. The number of furan rings is 1. The molecule has 2 rings (SSSR count). The number of hydrogen-bond acceptors (Lipinski definition) is 4. The maximum atomic E-state index is 11.8. The van der Waals surface area contributed by atoms with Crippen molar-refractivity contribution < 1.29 is 14.0 Å². The van der Waals surface area contributed by atoms with Gasteiger partial charge in [-0.1, -0.05) is 0 Å². The average molecular weight is 276 g/mol. The van der Waals surface area contributed by atoms with E-state index in [4.69, 9.17) is 4.42 Å². The van der Waals surface area contributed by atoms with E-state index in [0.29, 0.717) is 13.0 Å². The summed E-state index contributed by atoms with van der Waals surface area (Å²) in [5.41, 5.74) is 0. The van der Waals surface area contributed by atoms with E-state index in [1.807, 2.05) is 0 Å². The largest absolute Gasteiger partial charge is 0.459 e. The van der Waals surface area contributed by atoms with Gasteiger partial charge in [0, 0.05) is 32.4 Å². The van der Waals surface area contributed by atoms with Gasteiger partial charge in [-0.2, -0.15) is 0 Å². The van der Waals surface area contributed by atoms with Crippen molar-refractivity contribution in [2.75, 3.05) is 20.1 Å². The van der Waals surface area contributed by atoms with Gasteiger partial charge in [-0.25, -0.2) is 4.98 Å². The molecule has 0 aliphatic carbocycles. The van der Waals surface area contributed by atoms with E-state index in [2.05, 4.69) is 15.3 Å². The number of hydrogen-bond donors (Lipinski definition) is 2. The van der Waals surface area contributed by atoms with E-state index < -0.39 is 0 Å². The van der Waals surface area contributed by atoms with E-state index in [0.717, 1.165) is 5.82 Å². The minimum absolute atomic E-state index is 0.0162. The molecule has 106 valence electrons. The summed E-state index contributed by atoms with van der Waals surface area (Å²) < 4.78 is 4.99. The average Bonchev–Trinajstić information content (AvgIpc) is 3.10. The molecule has 0 bridgehead atoms. The third-order valence-electron chi connectivity index (χ3n) is 2.70. The third kappa shape index (κ3) is 3.71. The lowest BCUT2D eigenvalue weighted by Crippen LogP contribution is -2.39. The summed E-state index contributed by atoms with van der Waals surface area (Å²) in [7, 11) is 1.55. The topological polar surface area (TPSA) is 91.2 Å². The fourth-order valence-electron chi connectivity index (χ4n) is 1.69. The molecular formula is C13H16N4O3. The Morgan fingerprint density at radius 1 is 1.50 bits per heavy atom. The highest BCUT2D eigenvalue weighted by atomic mass is 16.3. The molecule has 0 saturated heterocycles. The second-order valence-electron chi connectivity index (χ2n) is 4.27. The molecule has 7 heteroatoms. The van der Waals surface area contributed by atoms with Crippen LogP contribution in [0.5, 0.6) is 0 Å². The molecule has 2 aromatic rings. The van der Waals surface area contributed by atoms with Crippen LogP contribution in [0.3, 0.4) is 0 Å². The van der Waals surface area contributed by atoms with Gasteiger partial charge in [0.2, 0.25) is 5.91 Å². The minimum Gasteiger partial charge on any atom is -0.459 e. The molecule has 0 atom stereocenters. The Kier molecular flexibility index (Phi) is 4.54. The molecule has 7 nitrogen and oxygen atoms in total. The smallest absolute Gasteiger partial charge is 0.289 e. The summed E-state index contributed by atoms with van der Waals surface area (Å²) in [5.74, 6) is 0.483. The predicted octanol–water partition coefficient (Wildman–Crippen LogP) is 0.434. The van der Waals surface area contributed by atoms with Gasteiger partial charge in [-0.05, 0) is 12.1 Å². The van der Waals surface area contributed by atoms with Crippen molar-refractivity contribution in [3.8, 4) is 0 Å². The summed E-state index contributed by atoms with van der Waals surface area (Å²) in [5, 5.41) is 2.73. The highest BCUT2D eigenvalue weighted by Crippen LogP contribution is 2.03. The second-order valence-corrected chi connectivity index (χ2v) is 4.27. The zero-order valence-corrected chi connectivity index (χ0v) is 11.1. The molecule has 0 spiro atoms. The summed E-state index contributed by atoms with van der Waals surface area (Å²) >= 11 is 0. The van der Waals surface area contributed by atoms with E-state index in [9.17, 15) is 9.59 Å². The van der Waals surface area contributed by atoms with E-state index in [1.165, 1.54) is 11.2 Å². The van der Waals surface area contributed by atoms with Gasteiger partial charge in [-0.15, -0.1) is 0 Å². The van der Waals surface area contributed by atoms with Gasteiger partial charge >= 0.3 is 0 Å². The van der Waals surface area contributed by atoms with Crippen LogP contribution >= 0.6 is 0 Å². The van der Waals surface area contributed by atoms with Crippen molar-refractivity contribution in [1.82, 2.24) is 20.2 Å². The number of aromatic nitrogens is 2. The standard InChI is InChI=1S/C13H16N4O3/c1-17(13(19)10-3-2-8-20-10)9-12(18)16-5-4-11-14-6-7-15-11/h2-3,6-8H,4-5,9H2,1H3,(H,14,15)(H,16,18). The summed E-state index contributed by atoms with van der Waals surface area (Å²) in [6, 6.07) is 3.19. The second kappa shape index (κ2) is 6.55. The third-order valence-corrected chi connectivity index (χ3v) is 2.70. The van der Waals surface area contributed by atoms with Crippen molar-refractivity contribution in [3.63, 3.8) is 0 Å².